The van der Waals surface area contributed by atoms with Crippen LogP contribution in [0.4, 0.5) is 11.4 Å². The number of anilines is 2. The molecule has 82 valence electrons. The molecule has 0 aliphatic carbocycles. The molecule has 0 aliphatic rings. The molecule has 1 amide bonds. The molecule has 0 fully saturated rings. The number of carbonyl (C=O) groups excluding carboxylic acids is 1. The third kappa shape index (κ3) is 2.93. The van der Waals surface area contributed by atoms with Gasteiger partial charge in [0.15, 0.2) is 0 Å². The highest BCUT2D eigenvalue weighted by Gasteiger charge is 2.12. The fraction of sp³-hybridized carbons (Fsp3) is 0.125. The van der Waals surface area contributed by atoms with Gasteiger partial charge in [-0.2, -0.15) is 0 Å². The predicted octanol–water partition coefficient (Wildman–Crippen LogP) is -0.125. The number of sulfonamides is 1. The molecule has 6 nitrogen and oxygen atoms in total. The van der Waals surface area contributed by atoms with Gasteiger partial charge in [0.05, 0.1) is 5.69 Å². The van der Waals surface area contributed by atoms with Crippen molar-refractivity contribution in [3.8, 4) is 0 Å². The van der Waals surface area contributed by atoms with E-state index in [1.165, 1.54) is 25.1 Å². The minimum Gasteiger partial charge on any atom is -0.398 e. The normalized spacial score (nSPS) is 11.1. The zero-order valence-electron chi connectivity index (χ0n) is 8.02. The number of hydrogen-bond donors (Lipinski definition) is 3. The number of nitrogens with one attached hydrogen (secondary N) is 1. The molecular formula is C8H11N3O3S. The first-order valence-corrected chi connectivity index (χ1v) is 5.55. The minimum absolute atomic E-state index is 0.00347. The summed E-state index contributed by atoms with van der Waals surface area (Å²) in [4.78, 5) is 10.6. The Kier molecular flexibility index (Phi) is 2.96. The Balaban J connectivity index is 3.15. The van der Waals surface area contributed by atoms with Crippen molar-refractivity contribution in [1.29, 1.82) is 0 Å². The van der Waals surface area contributed by atoms with Crippen LogP contribution >= 0.6 is 0 Å². The van der Waals surface area contributed by atoms with Crippen molar-refractivity contribution in [2.75, 3.05) is 11.1 Å². The van der Waals surface area contributed by atoms with Gasteiger partial charge >= 0.3 is 0 Å². The molecule has 0 aromatic heterocycles. The second kappa shape index (κ2) is 3.87. The molecule has 7 heteroatoms. The van der Waals surface area contributed by atoms with E-state index in [1.54, 1.807) is 0 Å². The summed E-state index contributed by atoms with van der Waals surface area (Å²) in [5.74, 6) is -0.266. The van der Waals surface area contributed by atoms with Gasteiger partial charge < -0.3 is 11.1 Å². The smallest absolute Gasteiger partial charge is 0.240 e. The van der Waals surface area contributed by atoms with Gasteiger partial charge in [-0.1, -0.05) is 0 Å². The van der Waals surface area contributed by atoms with Gasteiger partial charge in [0, 0.05) is 12.6 Å². The first kappa shape index (κ1) is 11.5. The van der Waals surface area contributed by atoms with Crippen molar-refractivity contribution in [1.82, 2.24) is 0 Å². The number of hydrogen-bond acceptors (Lipinski definition) is 4. The topological polar surface area (TPSA) is 115 Å². The highest BCUT2D eigenvalue weighted by atomic mass is 32.2. The molecule has 0 aliphatic heterocycles. The zero-order valence-corrected chi connectivity index (χ0v) is 8.84. The fourth-order valence-electron chi connectivity index (χ4n) is 1.09. The van der Waals surface area contributed by atoms with Crippen LogP contribution in [-0.4, -0.2) is 14.3 Å². The second-order valence-electron chi connectivity index (χ2n) is 2.98. The number of amides is 1. The summed E-state index contributed by atoms with van der Waals surface area (Å²) in [6.07, 6.45) is 0. The van der Waals surface area contributed by atoms with Gasteiger partial charge in [-0.3, -0.25) is 4.79 Å². The third-order valence-corrected chi connectivity index (χ3v) is 2.62. The summed E-state index contributed by atoms with van der Waals surface area (Å²) in [6, 6.07) is 3.99. The molecule has 1 aromatic carbocycles. The fourth-order valence-corrected chi connectivity index (χ4v) is 1.73. The SMILES string of the molecule is CC(=O)Nc1ccc(S(N)(=O)=O)c(N)c1. The molecule has 0 saturated heterocycles. The number of benzene rings is 1. The predicted molar refractivity (Wildman–Crippen MR) is 56.5 cm³/mol. The Morgan fingerprint density at radius 1 is 1.40 bits per heavy atom. The van der Waals surface area contributed by atoms with Crippen molar-refractivity contribution in [2.24, 2.45) is 5.14 Å². The standard InChI is InChI=1S/C8H11N3O3S/c1-5(12)11-6-2-3-8(7(9)4-6)15(10,13)14/h2-4H,9H2,1H3,(H,11,12)(H2,10,13,14). The van der Waals surface area contributed by atoms with Crippen LogP contribution in [0.25, 0.3) is 0 Å². The van der Waals surface area contributed by atoms with Crippen LogP contribution < -0.4 is 16.2 Å². The molecule has 0 unspecified atom stereocenters. The third-order valence-electron chi connectivity index (χ3n) is 1.64. The van der Waals surface area contributed by atoms with Crippen LogP contribution in [0.3, 0.4) is 0 Å². The lowest BCUT2D eigenvalue weighted by Gasteiger charge is -2.06. The first-order valence-electron chi connectivity index (χ1n) is 4.00. The number of nitrogens with two attached hydrogens (primary N) is 2. The summed E-state index contributed by atoms with van der Waals surface area (Å²) in [5, 5.41) is 7.38. The Morgan fingerprint density at radius 3 is 2.40 bits per heavy atom. The largest absolute Gasteiger partial charge is 0.398 e. The van der Waals surface area contributed by atoms with Crippen LogP contribution in [0.15, 0.2) is 23.1 Å². The van der Waals surface area contributed by atoms with Crippen molar-refractivity contribution >= 4 is 27.3 Å². The average molecular weight is 229 g/mol. The second-order valence-corrected chi connectivity index (χ2v) is 4.51. The highest BCUT2D eigenvalue weighted by molar-refractivity contribution is 7.89. The van der Waals surface area contributed by atoms with Gasteiger partial charge in [-0.05, 0) is 18.2 Å². The maximum Gasteiger partial charge on any atom is 0.240 e. The zero-order chi connectivity index (χ0) is 11.6. The highest BCUT2D eigenvalue weighted by Crippen LogP contribution is 2.21. The first-order chi connectivity index (χ1) is 6.80. The number of nitrogen functional groups attached to an aromatic ring is 1. The van der Waals surface area contributed by atoms with E-state index >= 15 is 0 Å². The molecule has 0 spiro atoms. The molecule has 5 N–H and O–H groups in total. The molecule has 0 heterocycles. The minimum atomic E-state index is -3.82. The summed E-state index contributed by atoms with van der Waals surface area (Å²) >= 11 is 0. The lowest BCUT2D eigenvalue weighted by atomic mass is 10.3. The van der Waals surface area contributed by atoms with Crippen LogP contribution in [0.1, 0.15) is 6.92 Å². The van der Waals surface area contributed by atoms with E-state index in [0.717, 1.165) is 0 Å². The number of rotatable bonds is 2. The van der Waals surface area contributed by atoms with E-state index < -0.39 is 10.0 Å². The van der Waals surface area contributed by atoms with E-state index in [-0.39, 0.29) is 16.5 Å². The average Bonchev–Trinajstić information content (AvgIpc) is 1.99. The van der Waals surface area contributed by atoms with Gasteiger partial charge in [0.1, 0.15) is 4.90 Å². The Morgan fingerprint density at radius 2 is 2.00 bits per heavy atom. The molecule has 1 aromatic rings. The van der Waals surface area contributed by atoms with Crippen LogP contribution in [0.5, 0.6) is 0 Å². The molecular weight excluding hydrogens is 218 g/mol. The Bertz CT molecular complexity index is 496. The molecule has 0 bridgehead atoms. The summed E-state index contributed by atoms with van der Waals surface area (Å²) < 4.78 is 22.0. The number of carbonyl (C=O) groups is 1. The van der Waals surface area contributed by atoms with Crippen LogP contribution in [0.2, 0.25) is 0 Å². The molecule has 0 saturated carbocycles. The maximum atomic E-state index is 11.0. The maximum absolute atomic E-state index is 11.0. The van der Waals surface area contributed by atoms with E-state index in [0.29, 0.717) is 5.69 Å². The molecule has 0 radical (unpaired) electrons. The summed E-state index contributed by atoms with van der Waals surface area (Å²) in [7, 11) is -3.82. The summed E-state index contributed by atoms with van der Waals surface area (Å²) in [5.41, 5.74) is 5.90. The molecule has 0 atom stereocenters. The number of primary sulfonamides is 1. The van der Waals surface area contributed by atoms with Crippen LogP contribution in [-0.2, 0) is 14.8 Å². The van der Waals surface area contributed by atoms with Gasteiger partial charge in [0.2, 0.25) is 15.9 Å². The lowest BCUT2D eigenvalue weighted by Crippen LogP contribution is -2.15. The molecule has 1 rings (SSSR count). The van der Waals surface area contributed by atoms with Crippen molar-refractivity contribution in [3.05, 3.63) is 18.2 Å². The van der Waals surface area contributed by atoms with Gasteiger partial charge in [-0.15, -0.1) is 0 Å². The van der Waals surface area contributed by atoms with E-state index in [9.17, 15) is 13.2 Å². The Labute approximate surface area is 87.3 Å². The monoisotopic (exact) mass is 229 g/mol. The van der Waals surface area contributed by atoms with Crippen molar-refractivity contribution < 1.29 is 13.2 Å². The Hall–Kier alpha value is -1.60. The lowest BCUT2D eigenvalue weighted by molar-refractivity contribution is -0.114. The molecule has 15 heavy (non-hydrogen) atoms. The van der Waals surface area contributed by atoms with Crippen LogP contribution in [0, 0.1) is 0 Å². The van der Waals surface area contributed by atoms with E-state index in [1.807, 2.05) is 0 Å². The van der Waals surface area contributed by atoms with Gasteiger partial charge in [-0.25, -0.2) is 13.6 Å². The van der Waals surface area contributed by atoms with Crippen molar-refractivity contribution in [2.45, 2.75) is 11.8 Å². The van der Waals surface area contributed by atoms with Gasteiger partial charge in [0.25, 0.3) is 0 Å². The van der Waals surface area contributed by atoms with E-state index in [2.05, 4.69) is 5.32 Å². The quantitative estimate of drug-likeness (QED) is 0.613. The van der Waals surface area contributed by atoms with Crippen molar-refractivity contribution in [3.63, 3.8) is 0 Å². The summed E-state index contributed by atoms with van der Waals surface area (Å²) in [6.45, 7) is 1.34. The van der Waals surface area contributed by atoms with E-state index in [4.69, 9.17) is 10.9 Å².